The van der Waals surface area contributed by atoms with Crippen LogP contribution in [0.5, 0.6) is 0 Å². The van der Waals surface area contributed by atoms with Gasteiger partial charge in [-0.2, -0.15) is 0 Å². The molecule has 2 aromatic rings. The summed E-state index contributed by atoms with van der Waals surface area (Å²) in [6, 6.07) is 6.26. The van der Waals surface area contributed by atoms with Gasteiger partial charge >= 0.3 is 0 Å². The van der Waals surface area contributed by atoms with Gasteiger partial charge in [0.25, 0.3) is 0 Å². The SMILES string of the molecule is Cc1ccsc1CN1CCC2(CC1)OCCC2CCOCc1cccnc1. The Morgan fingerprint density at radius 3 is 2.96 bits per heavy atom. The molecule has 1 unspecified atom stereocenters. The van der Waals surface area contributed by atoms with Gasteiger partial charge in [0.05, 0.1) is 12.2 Å². The molecule has 2 fully saturated rings. The van der Waals surface area contributed by atoms with Crippen LogP contribution < -0.4 is 0 Å². The summed E-state index contributed by atoms with van der Waals surface area (Å²) in [5, 5.41) is 2.21. The largest absolute Gasteiger partial charge is 0.377 e. The van der Waals surface area contributed by atoms with Crippen molar-refractivity contribution in [1.82, 2.24) is 9.88 Å². The van der Waals surface area contributed by atoms with Gasteiger partial charge in [-0.15, -0.1) is 11.3 Å². The van der Waals surface area contributed by atoms with Crippen molar-refractivity contribution in [2.24, 2.45) is 5.92 Å². The lowest BCUT2D eigenvalue weighted by Gasteiger charge is -2.42. The Kier molecular flexibility index (Phi) is 6.23. The van der Waals surface area contributed by atoms with E-state index in [0.717, 1.165) is 57.7 Å². The lowest BCUT2D eigenvalue weighted by Crippen LogP contribution is -2.47. The highest BCUT2D eigenvalue weighted by Crippen LogP contribution is 2.42. The molecule has 0 saturated carbocycles. The Balaban J connectivity index is 1.24. The second-order valence-electron chi connectivity index (χ2n) is 7.90. The Morgan fingerprint density at radius 1 is 1.33 bits per heavy atom. The molecular formula is C22H30N2O2S. The van der Waals surface area contributed by atoms with Crippen LogP contribution in [0.1, 0.15) is 41.7 Å². The maximum atomic E-state index is 6.33. The highest BCUT2D eigenvalue weighted by molar-refractivity contribution is 7.10. The van der Waals surface area contributed by atoms with Crippen LogP contribution >= 0.6 is 11.3 Å². The van der Waals surface area contributed by atoms with E-state index in [4.69, 9.17) is 9.47 Å². The van der Waals surface area contributed by atoms with E-state index in [1.807, 2.05) is 23.6 Å². The maximum absolute atomic E-state index is 6.33. The Morgan fingerprint density at radius 2 is 2.22 bits per heavy atom. The van der Waals surface area contributed by atoms with Crippen molar-refractivity contribution in [3.63, 3.8) is 0 Å². The van der Waals surface area contributed by atoms with Crippen LogP contribution in [0.15, 0.2) is 36.0 Å². The number of thiophene rings is 1. The molecule has 0 aromatic carbocycles. The van der Waals surface area contributed by atoms with Gasteiger partial charge in [-0.3, -0.25) is 9.88 Å². The van der Waals surface area contributed by atoms with Crippen LogP contribution in [0.4, 0.5) is 0 Å². The molecule has 4 nitrogen and oxygen atoms in total. The molecule has 1 atom stereocenters. The Labute approximate surface area is 166 Å². The van der Waals surface area contributed by atoms with Gasteiger partial charge in [0.15, 0.2) is 0 Å². The Bertz CT molecular complexity index is 710. The monoisotopic (exact) mass is 386 g/mol. The lowest BCUT2D eigenvalue weighted by atomic mass is 9.78. The number of piperidine rings is 1. The summed E-state index contributed by atoms with van der Waals surface area (Å²) in [7, 11) is 0. The second-order valence-corrected chi connectivity index (χ2v) is 8.90. The van der Waals surface area contributed by atoms with Crippen LogP contribution in [0, 0.1) is 12.8 Å². The van der Waals surface area contributed by atoms with Crippen molar-refractivity contribution in [3.05, 3.63) is 52.0 Å². The van der Waals surface area contributed by atoms with E-state index >= 15 is 0 Å². The molecule has 27 heavy (non-hydrogen) atoms. The molecule has 1 spiro atoms. The van der Waals surface area contributed by atoms with Crippen LogP contribution in [-0.4, -0.2) is 41.8 Å². The van der Waals surface area contributed by atoms with Gasteiger partial charge < -0.3 is 9.47 Å². The predicted octanol–water partition coefficient (Wildman–Crippen LogP) is 4.43. The summed E-state index contributed by atoms with van der Waals surface area (Å²) in [6.45, 7) is 7.98. The third-order valence-corrected chi connectivity index (χ3v) is 7.25. The highest BCUT2D eigenvalue weighted by Gasteiger charge is 2.45. The summed E-state index contributed by atoms with van der Waals surface area (Å²) in [6.07, 6.45) is 8.28. The molecule has 0 aliphatic carbocycles. The Hall–Kier alpha value is -1.27. The van der Waals surface area contributed by atoms with Crippen LogP contribution in [0.25, 0.3) is 0 Å². The minimum absolute atomic E-state index is 0.0959. The summed E-state index contributed by atoms with van der Waals surface area (Å²) in [4.78, 5) is 8.26. The summed E-state index contributed by atoms with van der Waals surface area (Å²) >= 11 is 1.89. The molecule has 2 aliphatic rings. The van der Waals surface area contributed by atoms with Crippen LogP contribution in [0.3, 0.4) is 0 Å². The summed E-state index contributed by atoms with van der Waals surface area (Å²) < 4.78 is 12.2. The van der Waals surface area contributed by atoms with Gasteiger partial charge in [-0.25, -0.2) is 0 Å². The van der Waals surface area contributed by atoms with Crippen molar-refractivity contribution < 1.29 is 9.47 Å². The molecular weight excluding hydrogens is 356 g/mol. The number of ether oxygens (including phenoxy) is 2. The third-order valence-electron chi connectivity index (χ3n) is 6.24. The molecule has 4 rings (SSSR count). The number of rotatable bonds is 7. The maximum Gasteiger partial charge on any atom is 0.0736 e. The molecule has 0 N–H and O–H groups in total. The molecule has 5 heteroatoms. The van der Waals surface area contributed by atoms with Crippen LogP contribution in [0.2, 0.25) is 0 Å². The molecule has 4 heterocycles. The van der Waals surface area contributed by atoms with Crippen LogP contribution in [-0.2, 0) is 22.6 Å². The van der Waals surface area contributed by atoms with Crippen molar-refractivity contribution in [2.45, 2.75) is 51.4 Å². The van der Waals surface area contributed by atoms with Crippen molar-refractivity contribution >= 4 is 11.3 Å². The molecule has 0 amide bonds. The van der Waals surface area contributed by atoms with E-state index in [9.17, 15) is 0 Å². The summed E-state index contributed by atoms with van der Waals surface area (Å²) in [5.74, 6) is 0.636. The smallest absolute Gasteiger partial charge is 0.0736 e. The number of aromatic nitrogens is 1. The number of aryl methyl sites for hydroxylation is 1. The van der Waals surface area contributed by atoms with E-state index in [-0.39, 0.29) is 5.60 Å². The van der Waals surface area contributed by atoms with Crippen molar-refractivity contribution in [1.29, 1.82) is 0 Å². The van der Waals surface area contributed by atoms with Gasteiger partial charge in [0, 0.05) is 50.1 Å². The number of pyridine rings is 1. The first-order valence-electron chi connectivity index (χ1n) is 10.1. The number of hydrogen-bond donors (Lipinski definition) is 0. The highest BCUT2D eigenvalue weighted by atomic mass is 32.1. The summed E-state index contributed by atoms with van der Waals surface area (Å²) in [5.41, 5.74) is 2.67. The topological polar surface area (TPSA) is 34.6 Å². The van der Waals surface area contributed by atoms with E-state index < -0.39 is 0 Å². The number of hydrogen-bond acceptors (Lipinski definition) is 5. The quantitative estimate of drug-likeness (QED) is 0.660. The zero-order valence-electron chi connectivity index (χ0n) is 16.2. The van der Waals surface area contributed by atoms with Gasteiger partial charge in [-0.05, 0) is 67.2 Å². The number of likely N-dealkylation sites (tertiary alicyclic amines) is 1. The van der Waals surface area contributed by atoms with Crippen molar-refractivity contribution in [2.75, 3.05) is 26.3 Å². The predicted molar refractivity (Wildman–Crippen MR) is 109 cm³/mol. The fourth-order valence-corrected chi connectivity index (χ4v) is 5.45. The lowest BCUT2D eigenvalue weighted by molar-refractivity contribution is -0.0732. The zero-order chi connectivity index (χ0) is 18.5. The van der Waals surface area contributed by atoms with Gasteiger partial charge in [0.1, 0.15) is 0 Å². The standard InChI is InChI=1S/C22H30N2O2S/c1-18-6-14-27-21(18)16-24-10-7-22(8-11-24)20(5-13-26-22)4-12-25-17-19-3-2-9-23-15-19/h2-3,6,9,14-15,20H,4-5,7-8,10-13,16-17H2,1H3. The minimum atomic E-state index is 0.0959. The van der Waals surface area contributed by atoms with E-state index in [0.29, 0.717) is 12.5 Å². The third kappa shape index (κ3) is 4.60. The zero-order valence-corrected chi connectivity index (χ0v) is 17.0. The van der Waals surface area contributed by atoms with Gasteiger partial charge in [-0.1, -0.05) is 6.07 Å². The molecule has 2 aliphatic heterocycles. The van der Waals surface area contributed by atoms with Gasteiger partial charge in [0.2, 0.25) is 0 Å². The van der Waals surface area contributed by atoms with E-state index in [2.05, 4.69) is 34.3 Å². The minimum Gasteiger partial charge on any atom is -0.377 e. The molecule has 2 saturated heterocycles. The molecule has 2 aromatic heterocycles. The first-order chi connectivity index (χ1) is 13.3. The fraction of sp³-hybridized carbons (Fsp3) is 0.591. The first-order valence-corrected chi connectivity index (χ1v) is 11.0. The second kappa shape index (κ2) is 8.82. The average molecular weight is 387 g/mol. The number of nitrogens with zero attached hydrogens (tertiary/aromatic N) is 2. The first kappa shape index (κ1) is 19.1. The van der Waals surface area contributed by atoms with Crippen molar-refractivity contribution in [3.8, 4) is 0 Å². The molecule has 0 bridgehead atoms. The normalized spacial score (nSPS) is 22.5. The average Bonchev–Trinajstić information content (AvgIpc) is 3.28. The molecule has 0 radical (unpaired) electrons. The van der Waals surface area contributed by atoms with E-state index in [1.54, 1.807) is 6.20 Å². The molecule has 146 valence electrons. The fourth-order valence-electron chi connectivity index (χ4n) is 4.50. The van der Waals surface area contributed by atoms with E-state index in [1.165, 1.54) is 16.9 Å².